The number of carbonyl (C=O) groups excluding carboxylic acids is 1. The molecule has 0 aromatic heterocycles. The second-order valence-corrected chi connectivity index (χ2v) is 4.31. The first-order valence-corrected chi connectivity index (χ1v) is 5.64. The van der Waals surface area contributed by atoms with E-state index in [0.717, 1.165) is 5.56 Å². The van der Waals surface area contributed by atoms with E-state index in [1.54, 1.807) is 0 Å². The number of carbonyl (C=O) groups is 1. The Morgan fingerprint density at radius 3 is 2.06 bits per heavy atom. The van der Waals surface area contributed by atoms with Crippen LogP contribution >= 0.6 is 12.4 Å². The minimum atomic E-state index is -0.125. The molecule has 0 aliphatic heterocycles. The van der Waals surface area contributed by atoms with Crippen LogP contribution in [0.3, 0.4) is 0 Å². The van der Waals surface area contributed by atoms with Gasteiger partial charge in [0, 0.05) is 0 Å². The van der Waals surface area contributed by atoms with Gasteiger partial charge in [-0.3, -0.25) is 4.79 Å². The normalized spacial score (nSPS) is 11.8. The Balaban J connectivity index is 0.00000256. The first kappa shape index (κ1) is 15.9. The molecule has 0 aliphatic rings. The summed E-state index contributed by atoms with van der Waals surface area (Å²) in [5, 5.41) is 2.83. The fourth-order valence-corrected chi connectivity index (χ4v) is 1.55. The highest BCUT2D eigenvalue weighted by atomic mass is 35.5. The van der Waals surface area contributed by atoms with Gasteiger partial charge in [-0.15, -0.1) is 12.4 Å². The number of benzene rings is 1. The van der Waals surface area contributed by atoms with Crippen LogP contribution in [0.5, 0.6) is 0 Å². The van der Waals surface area contributed by atoms with E-state index in [4.69, 9.17) is 5.73 Å². The van der Waals surface area contributed by atoms with E-state index in [9.17, 15) is 4.79 Å². The topological polar surface area (TPSA) is 55.1 Å². The van der Waals surface area contributed by atoms with Crippen molar-refractivity contribution in [2.75, 3.05) is 6.54 Å². The molecule has 1 atom stereocenters. The van der Waals surface area contributed by atoms with E-state index < -0.39 is 0 Å². The van der Waals surface area contributed by atoms with Gasteiger partial charge in [-0.25, -0.2) is 0 Å². The van der Waals surface area contributed by atoms with Crippen LogP contribution < -0.4 is 11.1 Å². The zero-order chi connectivity index (χ0) is 12.1. The van der Waals surface area contributed by atoms with Crippen molar-refractivity contribution in [3.05, 3.63) is 35.4 Å². The molecule has 1 aromatic carbocycles. The molecular formula is C13H21ClN2O. The molecular weight excluding hydrogens is 236 g/mol. The fraction of sp³-hybridized carbons (Fsp3) is 0.462. The molecule has 0 fully saturated rings. The number of nitrogens with two attached hydrogens (primary N) is 1. The first-order chi connectivity index (χ1) is 7.54. The van der Waals surface area contributed by atoms with Crippen molar-refractivity contribution in [1.82, 2.24) is 5.32 Å². The molecule has 4 heteroatoms. The summed E-state index contributed by atoms with van der Waals surface area (Å²) in [6.07, 6.45) is 0. The molecule has 0 heterocycles. The molecule has 96 valence electrons. The molecule has 1 amide bonds. The number of nitrogens with one attached hydrogen (secondary N) is 1. The summed E-state index contributed by atoms with van der Waals surface area (Å²) < 4.78 is 0. The third-order valence-electron chi connectivity index (χ3n) is 2.67. The summed E-state index contributed by atoms with van der Waals surface area (Å²) >= 11 is 0. The van der Waals surface area contributed by atoms with Crippen molar-refractivity contribution in [3.63, 3.8) is 0 Å². The number of hydrogen-bond donors (Lipinski definition) is 2. The molecule has 0 aliphatic carbocycles. The molecule has 1 unspecified atom stereocenters. The van der Waals surface area contributed by atoms with Gasteiger partial charge in [-0.1, -0.05) is 38.1 Å². The van der Waals surface area contributed by atoms with E-state index in [-0.39, 0.29) is 30.9 Å². The van der Waals surface area contributed by atoms with E-state index in [0.29, 0.717) is 5.92 Å². The lowest BCUT2D eigenvalue weighted by Gasteiger charge is -2.14. The summed E-state index contributed by atoms with van der Waals surface area (Å²) in [4.78, 5) is 11.1. The fourth-order valence-electron chi connectivity index (χ4n) is 1.55. The number of hydrogen-bond acceptors (Lipinski definition) is 2. The molecule has 3 N–H and O–H groups in total. The molecule has 3 nitrogen and oxygen atoms in total. The third-order valence-corrected chi connectivity index (χ3v) is 2.67. The van der Waals surface area contributed by atoms with E-state index >= 15 is 0 Å². The van der Waals surface area contributed by atoms with Crippen LogP contribution in [0, 0.1) is 0 Å². The van der Waals surface area contributed by atoms with E-state index in [2.05, 4.69) is 43.4 Å². The monoisotopic (exact) mass is 256 g/mol. The summed E-state index contributed by atoms with van der Waals surface area (Å²) in [6, 6.07) is 8.32. The highest BCUT2D eigenvalue weighted by Crippen LogP contribution is 2.18. The Kier molecular flexibility index (Phi) is 6.85. The second-order valence-electron chi connectivity index (χ2n) is 4.31. The van der Waals surface area contributed by atoms with E-state index in [1.807, 2.05) is 6.92 Å². The SMILES string of the molecule is CC(C)c1ccc(C(C)NC(=O)CN)cc1.Cl. The quantitative estimate of drug-likeness (QED) is 0.869. The average molecular weight is 257 g/mol. The maximum atomic E-state index is 11.1. The van der Waals surface area contributed by atoms with Crippen molar-refractivity contribution in [3.8, 4) is 0 Å². The smallest absolute Gasteiger partial charge is 0.234 e. The Morgan fingerprint density at radius 2 is 1.65 bits per heavy atom. The molecule has 0 saturated carbocycles. The van der Waals surface area contributed by atoms with Crippen LogP contribution in [0.2, 0.25) is 0 Å². The number of halogens is 1. The van der Waals surface area contributed by atoms with Gasteiger partial charge in [0.25, 0.3) is 0 Å². The lowest BCUT2D eigenvalue weighted by molar-refractivity contribution is -0.120. The van der Waals surface area contributed by atoms with Crippen LogP contribution in [0.1, 0.15) is 43.9 Å². The summed E-state index contributed by atoms with van der Waals surface area (Å²) in [5.41, 5.74) is 7.66. The van der Waals surface area contributed by atoms with Crippen molar-refractivity contribution >= 4 is 18.3 Å². The second kappa shape index (κ2) is 7.30. The van der Waals surface area contributed by atoms with Gasteiger partial charge in [0.1, 0.15) is 0 Å². The van der Waals surface area contributed by atoms with Gasteiger partial charge in [0.2, 0.25) is 5.91 Å². The van der Waals surface area contributed by atoms with Crippen LogP contribution in [0.4, 0.5) is 0 Å². The van der Waals surface area contributed by atoms with Crippen LogP contribution in [-0.2, 0) is 4.79 Å². The predicted octanol–water partition coefficient (Wildman–Crippen LogP) is 2.37. The lowest BCUT2D eigenvalue weighted by atomic mass is 9.99. The highest BCUT2D eigenvalue weighted by Gasteiger charge is 2.08. The van der Waals surface area contributed by atoms with Crippen LogP contribution in [-0.4, -0.2) is 12.5 Å². The first-order valence-electron chi connectivity index (χ1n) is 5.64. The minimum absolute atomic E-state index is 0. The third kappa shape index (κ3) is 4.75. The number of amides is 1. The standard InChI is InChI=1S/C13H20N2O.ClH/c1-9(2)11-4-6-12(7-5-11)10(3)15-13(16)8-14;/h4-7,9-10H,8,14H2,1-3H3,(H,15,16);1H. The maximum Gasteiger partial charge on any atom is 0.234 e. The Morgan fingerprint density at radius 1 is 1.18 bits per heavy atom. The van der Waals surface area contributed by atoms with Gasteiger partial charge in [-0.05, 0) is 24.0 Å². The molecule has 1 rings (SSSR count). The van der Waals surface area contributed by atoms with Crippen molar-refractivity contribution in [2.45, 2.75) is 32.7 Å². The van der Waals surface area contributed by atoms with Crippen molar-refractivity contribution in [1.29, 1.82) is 0 Å². The van der Waals surface area contributed by atoms with Gasteiger partial charge in [0.05, 0.1) is 12.6 Å². The van der Waals surface area contributed by atoms with E-state index in [1.165, 1.54) is 5.56 Å². The van der Waals surface area contributed by atoms with Gasteiger partial charge in [-0.2, -0.15) is 0 Å². The highest BCUT2D eigenvalue weighted by molar-refractivity contribution is 5.85. The minimum Gasteiger partial charge on any atom is -0.348 e. The molecule has 0 spiro atoms. The maximum absolute atomic E-state index is 11.1. The molecule has 17 heavy (non-hydrogen) atoms. The zero-order valence-electron chi connectivity index (χ0n) is 10.6. The summed E-state index contributed by atoms with van der Waals surface area (Å²) in [5.74, 6) is 0.406. The molecule has 0 radical (unpaired) electrons. The summed E-state index contributed by atoms with van der Waals surface area (Å²) in [6.45, 7) is 6.32. The summed E-state index contributed by atoms with van der Waals surface area (Å²) in [7, 11) is 0. The van der Waals surface area contributed by atoms with Crippen LogP contribution in [0.25, 0.3) is 0 Å². The van der Waals surface area contributed by atoms with Crippen molar-refractivity contribution < 1.29 is 4.79 Å². The molecule has 0 bridgehead atoms. The van der Waals surface area contributed by atoms with Gasteiger partial charge >= 0.3 is 0 Å². The Bertz CT molecular complexity index is 349. The molecule has 0 saturated heterocycles. The average Bonchev–Trinajstić information content (AvgIpc) is 2.28. The zero-order valence-corrected chi connectivity index (χ0v) is 11.4. The number of rotatable bonds is 4. The Hall–Kier alpha value is -1.06. The van der Waals surface area contributed by atoms with Crippen LogP contribution in [0.15, 0.2) is 24.3 Å². The largest absolute Gasteiger partial charge is 0.348 e. The lowest BCUT2D eigenvalue weighted by Crippen LogP contribution is -2.32. The Labute approximate surface area is 109 Å². The van der Waals surface area contributed by atoms with Gasteiger partial charge < -0.3 is 11.1 Å². The predicted molar refractivity (Wildman–Crippen MR) is 73.4 cm³/mol. The molecule has 1 aromatic rings. The van der Waals surface area contributed by atoms with Crippen molar-refractivity contribution in [2.24, 2.45) is 5.73 Å². The van der Waals surface area contributed by atoms with Gasteiger partial charge in [0.15, 0.2) is 0 Å².